The Balaban J connectivity index is 0.00000156. The third-order valence-corrected chi connectivity index (χ3v) is 8.05. The van der Waals surface area contributed by atoms with E-state index in [2.05, 4.69) is 48.3 Å². The third-order valence-electron chi connectivity index (χ3n) is 7.49. The summed E-state index contributed by atoms with van der Waals surface area (Å²) in [5, 5.41) is 1.22. The summed E-state index contributed by atoms with van der Waals surface area (Å²) in [6.07, 6.45) is 8.36. The van der Waals surface area contributed by atoms with E-state index in [1.165, 1.54) is 36.8 Å². The molecule has 37 heavy (non-hydrogen) atoms. The number of rotatable bonds is 7. The molecule has 0 radical (unpaired) electrons. The van der Waals surface area contributed by atoms with Crippen LogP contribution in [0.4, 0.5) is 5.82 Å². The van der Waals surface area contributed by atoms with Crippen molar-refractivity contribution in [3.8, 4) is 11.1 Å². The lowest BCUT2D eigenvalue weighted by Gasteiger charge is -2.28. The predicted molar refractivity (Wildman–Crippen MR) is 158 cm³/mol. The second-order valence-electron chi connectivity index (χ2n) is 9.85. The highest BCUT2D eigenvalue weighted by Crippen LogP contribution is 2.26. The van der Waals surface area contributed by atoms with E-state index in [1.807, 2.05) is 50.4 Å². The molecule has 196 valence electrons. The van der Waals surface area contributed by atoms with Crippen molar-refractivity contribution in [1.29, 1.82) is 0 Å². The van der Waals surface area contributed by atoms with Crippen molar-refractivity contribution in [3.05, 3.63) is 77.5 Å². The molecular weight excluding hydrogens is 475 g/mol. The topological polar surface area (TPSA) is 62.5 Å². The molecule has 0 spiro atoms. The molecule has 6 heteroatoms. The van der Waals surface area contributed by atoms with Crippen LogP contribution in [0.3, 0.4) is 0 Å². The Morgan fingerprint density at radius 3 is 2.38 bits per heavy atom. The molecule has 0 bridgehead atoms. The highest BCUT2D eigenvalue weighted by Gasteiger charge is 2.31. The van der Waals surface area contributed by atoms with Gasteiger partial charge < -0.3 is 15.5 Å². The summed E-state index contributed by atoms with van der Waals surface area (Å²) in [7, 11) is 2.80. The molecule has 2 unspecified atom stereocenters. The number of nitrogens with zero attached hydrogens (tertiary/aromatic N) is 3. The average Bonchev–Trinajstić information content (AvgIpc) is 3.63. The van der Waals surface area contributed by atoms with Crippen LogP contribution in [0.15, 0.2) is 60.8 Å². The van der Waals surface area contributed by atoms with Crippen molar-refractivity contribution in [2.45, 2.75) is 58.4 Å². The summed E-state index contributed by atoms with van der Waals surface area (Å²) in [4.78, 5) is 22.4. The number of nitrogens with two attached hydrogens (primary N) is 1. The molecule has 5 nitrogen and oxygen atoms in total. The first-order valence-electron chi connectivity index (χ1n) is 13.8. The van der Waals surface area contributed by atoms with Crippen LogP contribution in [0.5, 0.6) is 0 Å². The molecule has 5 rings (SSSR count). The van der Waals surface area contributed by atoms with Gasteiger partial charge in [-0.2, -0.15) is 0 Å². The van der Waals surface area contributed by atoms with Gasteiger partial charge in [0.2, 0.25) is 0 Å². The minimum Gasteiger partial charge on any atom is -0.383 e. The van der Waals surface area contributed by atoms with Gasteiger partial charge >= 0.3 is 0 Å². The highest BCUT2D eigenvalue weighted by atomic mass is 31.0. The van der Waals surface area contributed by atoms with E-state index < -0.39 is 0 Å². The molecular formula is C31H41N4OP. The number of aryl methyl sites for hydroxylation is 2. The quantitative estimate of drug-likeness (QED) is 0.431. The van der Waals surface area contributed by atoms with Crippen molar-refractivity contribution in [1.82, 2.24) is 14.8 Å². The van der Waals surface area contributed by atoms with Gasteiger partial charge in [0.1, 0.15) is 5.82 Å². The molecule has 0 aliphatic carbocycles. The number of carbonyl (C=O) groups is 1. The fourth-order valence-corrected chi connectivity index (χ4v) is 5.79. The molecule has 3 aromatic rings. The predicted octanol–water partition coefficient (Wildman–Crippen LogP) is 5.34. The SMILES string of the molecule is CC.Nc1ncc(-c2ccc(C(=O)N3CCCC3CN3CCCC3)cc2)cc1CCc1ccccc1P. The Bertz CT molecular complexity index is 1170. The molecule has 2 atom stereocenters. The summed E-state index contributed by atoms with van der Waals surface area (Å²) in [5.74, 6) is 0.741. The van der Waals surface area contributed by atoms with Crippen LogP contribution in [0.2, 0.25) is 0 Å². The maximum Gasteiger partial charge on any atom is 0.254 e. The van der Waals surface area contributed by atoms with Crippen LogP contribution in [0.25, 0.3) is 11.1 Å². The summed E-state index contributed by atoms with van der Waals surface area (Å²) < 4.78 is 0. The lowest BCUT2D eigenvalue weighted by molar-refractivity contribution is 0.0709. The van der Waals surface area contributed by atoms with Gasteiger partial charge in [-0.25, -0.2) is 4.98 Å². The van der Waals surface area contributed by atoms with E-state index in [1.54, 1.807) is 0 Å². The van der Waals surface area contributed by atoms with E-state index in [0.29, 0.717) is 11.9 Å². The van der Waals surface area contributed by atoms with Crippen LogP contribution < -0.4 is 11.0 Å². The fourth-order valence-electron chi connectivity index (χ4n) is 5.44. The average molecular weight is 517 g/mol. The van der Waals surface area contributed by atoms with Crippen molar-refractivity contribution < 1.29 is 4.79 Å². The molecule has 2 aliphatic heterocycles. The Hall–Kier alpha value is -2.75. The van der Waals surface area contributed by atoms with Gasteiger partial charge in [-0.3, -0.25) is 4.79 Å². The highest BCUT2D eigenvalue weighted by molar-refractivity contribution is 7.27. The zero-order valence-corrected chi connectivity index (χ0v) is 23.5. The van der Waals surface area contributed by atoms with Gasteiger partial charge in [-0.15, -0.1) is 9.24 Å². The van der Waals surface area contributed by atoms with E-state index >= 15 is 0 Å². The van der Waals surface area contributed by atoms with Gasteiger partial charge in [0.05, 0.1) is 0 Å². The minimum atomic E-state index is 0.158. The molecule has 2 N–H and O–H groups in total. The fraction of sp³-hybridized carbons (Fsp3) is 0.419. The number of amides is 1. The molecule has 2 fully saturated rings. The first kappa shape index (κ1) is 27.3. The maximum absolute atomic E-state index is 13.3. The second kappa shape index (κ2) is 13.2. The van der Waals surface area contributed by atoms with Crippen LogP contribution in [0, 0.1) is 0 Å². The number of carbonyl (C=O) groups excluding carboxylic acids is 1. The van der Waals surface area contributed by atoms with Crippen molar-refractivity contribution in [3.63, 3.8) is 0 Å². The number of nitrogen functional groups attached to an aromatic ring is 1. The largest absolute Gasteiger partial charge is 0.383 e. The normalized spacial score (nSPS) is 17.5. The zero-order chi connectivity index (χ0) is 26.2. The number of anilines is 1. The van der Waals surface area contributed by atoms with Crippen LogP contribution in [-0.4, -0.2) is 52.9 Å². The third kappa shape index (κ3) is 6.77. The Morgan fingerprint density at radius 1 is 0.946 bits per heavy atom. The number of benzene rings is 2. The summed E-state index contributed by atoms with van der Waals surface area (Å²) in [6, 6.07) is 18.9. The standard InChI is InChI=1S/C29H35N4OP.C2H6/c30-28-24(14-11-22-6-1-2-8-27(22)35)18-25(19-31-28)21-9-12-23(13-10-21)29(34)33-17-5-7-26(33)20-32-15-3-4-16-32;1-2/h1-2,6,8-10,12-13,18-19,26H,3-5,7,11,14-17,20,35H2,(H2,30,31);1-2H3. The zero-order valence-electron chi connectivity index (χ0n) is 22.3. The van der Waals surface area contributed by atoms with Crippen molar-refractivity contribution in [2.75, 3.05) is 31.9 Å². The lowest BCUT2D eigenvalue weighted by Crippen LogP contribution is -2.42. The molecule has 1 aromatic heterocycles. The molecule has 2 aromatic carbocycles. The summed E-state index contributed by atoms with van der Waals surface area (Å²) in [6.45, 7) is 8.23. The molecule has 1 amide bonds. The minimum absolute atomic E-state index is 0.158. The molecule has 2 saturated heterocycles. The van der Waals surface area contributed by atoms with Crippen LogP contribution >= 0.6 is 9.24 Å². The van der Waals surface area contributed by atoms with E-state index in [9.17, 15) is 4.79 Å². The van der Waals surface area contributed by atoms with Gasteiger partial charge in [-0.1, -0.05) is 50.2 Å². The van der Waals surface area contributed by atoms with Gasteiger partial charge in [0.25, 0.3) is 5.91 Å². The first-order chi connectivity index (χ1) is 18.1. The monoisotopic (exact) mass is 516 g/mol. The van der Waals surface area contributed by atoms with E-state index in [0.717, 1.165) is 61.0 Å². The lowest BCUT2D eigenvalue weighted by atomic mass is 10.00. The molecule has 2 aliphatic rings. The summed E-state index contributed by atoms with van der Waals surface area (Å²) in [5.41, 5.74) is 11.4. The summed E-state index contributed by atoms with van der Waals surface area (Å²) >= 11 is 0. The van der Waals surface area contributed by atoms with Gasteiger partial charge in [-0.05, 0) is 91.8 Å². The number of hydrogen-bond donors (Lipinski definition) is 1. The molecule has 0 saturated carbocycles. The second-order valence-corrected chi connectivity index (χ2v) is 10.5. The number of pyridine rings is 1. The van der Waals surface area contributed by atoms with Crippen LogP contribution in [0.1, 0.15) is 61.0 Å². The Kier molecular flexibility index (Phi) is 9.71. The first-order valence-corrected chi connectivity index (χ1v) is 14.4. The Morgan fingerprint density at radius 2 is 1.65 bits per heavy atom. The number of hydrogen-bond acceptors (Lipinski definition) is 4. The van der Waals surface area contributed by atoms with E-state index in [-0.39, 0.29) is 5.91 Å². The van der Waals surface area contributed by atoms with Crippen LogP contribution in [-0.2, 0) is 12.8 Å². The number of likely N-dealkylation sites (tertiary alicyclic amines) is 2. The Labute approximate surface area is 224 Å². The molecule has 3 heterocycles. The maximum atomic E-state index is 13.3. The van der Waals surface area contributed by atoms with Crippen molar-refractivity contribution in [2.24, 2.45) is 0 Å². The van der Waals surface area contributed by atoms with Gasteiger partial charge in [0.15, 0.2) is 0 Å². The number of aromatic nitrogens is 1. The smallest absolute Gasteiger partial charge is 0.254 e. The van der Waals surface area contributed by atoms with E-state index in [4.69, 9.17) is 5.73 Å². The van der Waals surface area contributed by atoms with Crippen molar-refractivity contribution >= 4 is 26.3 Å². The van der Waals surface area contributed by atoms with Gasteiger partial charge in [0, 0.05) is 36.5 Å².